The van der Waals surface area contributed by atoms with Gasteiger partial charge >= 0.3 is 0 Å². The van der Waals surface area contributed by atoms with E-state index < -0.39 is 10.0 Å². The normalized spacial score (nSPS) is 18.2. The smallest absolute Gasteiger partial charge is 0.250 e. The number of nitrogens with two attached hydrogens (primary N) is 1. The van der Waals surface area contributed by atoms with Crippen LogP contribution in [0, 0.1) is 5.92 Å². The zero-order chi connectivity index (χ0) is 12.5. The van der Waals surface area contributed by atoms with Crippen molar-refractivity contribution < 1.29 is 8.42 Å². The molecule has 6 heteroatoms. The van der Waals surface area contributed by atoms with Crippen LogP contribution < -0.4 is 10.5 Å². The van der Waals surface area contributed by atoms with Crippen molar-refractivity contribution in [3.63, 3.8) is 0 Å². The first-order valence-electron chi connectivity index (χ1n) is 5.81. The van der Waals surface area contributed by atoms with E-state index in [2.05, 4.69) is 4.72 Å². The van der Waals surface area contributed by atoms with E-state index in [4.69, 9.17) is 5.73 Å². The Morgan fingerprint density at radius 3 is 2.82 bits per heavy atom. The van der Waals surface area contributed by atoms with Gasteiger partial charge in [-0.2, -0.15) is 0 Å². The second-order valence-corrected chi connectivity index (χ2v) is 7.53. The minimum Gasteiger partial charge on any atom is -0.326 e. The van der Waals surface area contributed by atoms with E-state index >= 15 is 0 Å². The predicted molar refractivity (Wildman–Crippen MR) is 69.3 cm³/mol. The van der Waals surface area contributed by atoms with E-state index in [0.29, 0.717) is 10.8 Å². The van der Waals surface area contributed by atoms with Crippen molar-refractivity contribution in [1.82, 2.24) is 4.72 Å². The van der Waals surface area contributed by atoms with Gasteiger partial charge in [0.1, 0.15) is 4.21 Å². The summed E-state index contributed by atoms with van der Waals surface area (Å²) in [5.41, 5.74) is 6.34. The molecule has 0 amide bonds. The Morgan fingerprint density at radius 2 is 2.29 bits per heavy atom. The molecule has 0 radical (unpaired) electrons. The van der Waals surface area contributed by atoms with Crippen molar-refractivity contribution in [1.29, 1.82) is 0 Å². The summed E-state index contributed by atoms with van der Waals surface area (Å²) in [6.07, 6.45) is 3.42. The van der Waals surface area contributed by atoms with Crippen LogP contribution in [-0.4, -0.2) is 14.5 Å². The van der Waals surface area contributed by atoms with Crippen LogP contribution in [0.3, 0.4) is 0 Å². The summed E-state index contributed by atoms with van der Waals surface area (Å²) in [4.78, 5) is 0. The third-order valence-electron chi connectivity index (χ3n) is 2.87. The highest BCUT2D eigenvalue weighted by Crippen LogP contribution is 2.33. The maximum atomic E-state index is 12.0. The molecule has 0 aliphatic heterocycles. The zero-order valence-electron chi connectivity index (χ0n) is 9.85. The monoisotopic (exact) mass is 274 g/mol. The molecular weight excluding hydrogens is 256 g/mol. The van der Waals surface area contributed by atoms with Crippen molar-refractivity contribution in [3.05, 3.63) is 17.0 Å². The molecule has 0 aromatic carbocycles. The van der Waals surface area contributed by atoms with Gasteiger partial charge in [0.05, 0.1) is 0 Å². The van der Waals surface area contributed by atoms with Crippen LogP contribution in [-0.2, 0) is 16.6 Å². The number of hydrogen-bond acceptors (Lipinski definition) is 4. The molecule has 1 aromatic rings. The predicted octanol–water partition coefficient (Wildman–Crippen LogP) is 1.67. The van der Waals surface area contributed by atoms with Crippen molar-refractivity contribution in [2.45, 2.75) is 43.0 Å². The fourth-order valence-corrected chi connectivity index (χ4v) is 4.32. The molecule has 1 aliphatic rings. The Labute approximate surface area is 106 Å². The highest BCUT2D eigenvalue weighted by molar-refractivity contribution is 7.91. The van der Waals surface area contributed by atoms with E-state index in [-0.39, 0.29) is 6.04 Å². The Balaban J connectivity index is 2.01. The number of thiophene rings is 1. The molecule has 1 aromatic heterocycles. The lowest BCUT2D eigenvalue weighted by Crippen LogP contribution is -2.32. The lowest BCUT2D eigenvalue weighted by Gasteiger charge is -2.12. The Morgan fingerprint density at radius 1 is 1.59 bits per heavy atom. The lowest BCUT2D eigenvalue weighted by atomic mass is 10.2. The second-order valence-electron chi connectivity index (χ2n) is 4.68. The molecule has 1 aliphatic carbocycles. The SMILES string of the molecule is CC(CC1CC1)NS(=O)(=O)c1cc(CN)cs1. The number of hydrogen-bond donors (Lipinski definition) is 2. The molecule has 0 saturated heterocycles. The first kappa shape index (κ1) is 13.0. The molecule has 0 spiro atoms. The van der Waals surface area contributed by atoms with Crippen LogP contribution in [0.1, 0.15) is 31.7 Å². The molecule has 96 valence electrons. The number of nitrogens with one attached hydrogen (secondary N) is 1. The molecular formula is C11H18N2O2S2. The van der Waals surface area contributed by atoms with Crippen LogP contribution in [0.4, 0.5) is 0 Å². The van der Waals surface area contributed by atoms with E-state index in [1.54, 1.807) is 11.4 Å². The van der Waals surface area contributed by atoms with Crippen molar-refractivity contribution in [2.75, 3.05) is 0 Å². The Kier molecular flexibility index (Phi) is 3.87. The minimum absolute atomic E-state index is 0.0101. The average Bonchev–Trinajstić information content (AvgIpc) is 2.92. The summed E-state index contributed by atoms with van der Waals surface area (Å²) in [5, 5.41) is 1.79. The highest BCUT2D eigenvalue weighted by atomic mass is 32.2. The molecule has 1 saturated carbocycles. The van der Waals surface area contributed by atoms with Crippen LogP contribution in [0.25, 0.3) is 0 Å². The van der Waals surface area contributed by atoms with Gasteiger partial charge < -0.3 is 5.73 Å². The number of sulfonamides is 1. The summed E-state index contributed by atoms with van der Waals surface area (Å²) in [6.45, 7) is 2.30. The van der Waals surface area contributed by atoms with Gasteiger partial charge in [-0.1, -0.05) is 12.8 Å². The van der Waals surface area contributed by atoms with Gasteiger partial charge in [-0.3, -0.25) is 0 Å². The fraction of sp³-hybridized carbons (Fsp3) is 0.636. The molecule has 17 heavy (non-hydrogen) atoms. The molecule has 1 fully saturated rings. The standard InChI is InChI=1S/C11H18N2O2S2/c1-8(4-9-2-3-9)13-17(14,15)11-5-10(6-12)7-16-11/h5,7-9,13H,2-4,6,12H2,1H3. The highest BCUT2D eigenvalue weighted by Gasteiger charge is 2.26. The van der Waals surface area contributed by atoms with Crippen LogP contribution >= 0.6 is 11.3 Å². The lowest BCUT2D eigenvalue weighted by molar-refractivity contribution is 0.531. The number of rotatable bonds is 6. The third-order valence-corrected chi connectivity index (χ3v) is 5.95. The zero-order valence-corrected chi connectivity index (χ0v) is 11.5. The molecule has 3 N–H and O–H groups in total. The van der Waals surface area contributed by atoms with E-state index in [0.717, 1.165) is 17.9 Å². The Hall–Kier alpha value is -0.430. The van der Waals surface area contributed by atoms with E-state index in [1.807, 2.05) is 6.92 Å². The molecule has 1 unspecified atom stereocenters. The largest absolute Gasteiger partial charge is 0.326 e. The van der Waals surface area contributed by atoms with Gasteiger partial charge in [-0.15, -0.1) is 11.3 Å². The first-order chi connectivity index (χ1) is 8.01. The van der Waals surface area contributed by atoms with Crippen molar-refractivity contribution in [3.8, 4) is 0 Å². The van der Waals surface area contributed by atoms with Crippen LogP contribution in [0.15, 0.2) is 15.7 Å². The first-order valence-corrected chi connectivity index (χ1v) is 8.17. The summed E-state index contributed by atoms with van der Waals surface area (Å²) in [7, 11) is -3.35. The van der Waals surface area contributed by atoms with Crippen molar-refractivity contribution in [2.24, 2.45) is 11.7 Å². The molecule has 1 heterocycles. The average molecular weight is 274 g/mol. The summed E-state index contributed by atoms with van der Waals surface area (Å²) >= 11 is 1.23. The summed E-state index contributed by atoms with van der Waals surface area (Å²) < 4.78 is 27.1. The molecule has 1 atom stereocenters. The third kappa shape index (κ3) is 3.51. The summed E-state index contributed by atoms with van der Waals surface area (Å²) in [5.74, 6) is 0.718. The van der Waals surface area contributed by atoms with Crippen LogP contribution in [0.5, 0.6) is 0 Å². The molecule has 4 nitrogen and oxygen atoms in total. The van der Waals surface area contributed by atoms with Gasteiger partial charge in [-0.05, 0) is 36.3 Å². The fourth-order valence-electron chi connectivity index (χ4n) is 1.83. The molecule has 0 bridgehead atoms. The summed E-state index contributed by atoms with van der Waals surface area (Å²) in [6, 6.07) is 1.66. The maximum Gasteiger partial charge on any atom is 0.250 e. The minimum atomic E-state index is -3.35. The molecule has 2 rings (SSSR count). The van der Waals surface area contributed by atoms with Gasteiger partial charge in [0.25, 0.3) is 0 Å². The Bertz CT molecular complexity index is 477. The van der Waals surface area contributed by atoms with Gasteiger partial charge in [0, 0.05) is 12.6 Å². The maximum absolute atomic E-state index is 12.0. The van der Waals surface area contributed by atoms with E-state index in [9.17, 15) is 8.42 Å². The van der Waals surface area contributed by atoms with Crippen molar-refractivity contribution >= 4 is 21.4 Å². The van der Waals surface area contributed by atoms with Gasteiger partial charge in [0.15, 0.2) is 0 Å². The van der Waals surface area contributed by atoms with Gasteiger partial charge in [0.2, 0.25) is 10.0 Å². The quantitative estimate of drug-likeness (QED) is 0.829. The van der Waals surface area contributed by atoms with Gasteiger partial charge in [-0.25, -0.2) is 13.1 Å². The van der Waals surface area contributed by atoms with E-state index in [1.165, 1.54) is 24.2 Å². The topological polar surface area (TPSA) is 72.2 Å². The van der Waals surface area contributed by atoms with Crippen LogP contribution in [0.2, 0.25) is 0 Å². The second kappa shape index (κ2) is 5.06.